The van der Waals surface area contributed by atoms with Gasteiger partial charge < -0.3 is 10.6 Å². The number of nitrogens with two attached hydrogens (primary N) is 1. The molecule has 5 heteroatoms. The van der Waals surface area contributed by atoms with Crippen LogP contribution in [-0.2, 0) is 0 Å². The predicted molar refractivity (Wildman–Crippen MR) is 73.1 cm³/mol. The topological polar surface area (TPSA) is 64.2 Å². The zero-order chi connectivity index (χ0) is 13.2. The van der Waals surface area contributed by atoms with E-state index in [9.17, 15) is 4.79 Å². The van der Waals surface area contributed by atoms with Crippen molar-refractivity contribution in [2.75, 3.05) is 18.8 Å². The Morgan fingerprint density at radius 2 is 1.79 bits per heavy atom. The maximum absolute atomic E-state index is 12.2. The first kappa shape index (κ1) is 11.8. The number of carbonyl (C=O) groups is 1. The molecule has 0 spiro atoms. The van der Waals surface area contributed by atoms with E-state index < -0.39 is 0 Å². The molecule has 98 valence electrons. The van der Waals surface area contributed by atoms with E-state index in [0.29, 0.717) is 11.4 Å². The second-order valence-corrected chi connectivity index (χ2v) is 4.74. The Labute approximate surface area is 111 Å². The number of carbonyl (C=O) groups excluding carboxylic acids is 1. The van der Waals surface area contributed by atoms with Crippen molar-refractivity contribution in [1.29, 1.82) is 0 Å². The number of nitrogen functional groups attached to an aromatic ring is 1. The average Bonchev–Trinajstić information content (AvgIpc) is 3.10. The number of rotatable bonds is 2. The summed E-state index contributed by atoms with van der Waals surface area (Å²) in [6, 6.07) is 9.16. The quantitative estimate of drug-likeness (QED) is 0.832. The van der Waals surface area contributed by atoms with E-state index in [0.717, 1.165) is 31.6 Å². The fourth-order valence-corrected chi connectivity index (χ4v) is 2.29. The molecule has 0 radical (unpaired) electrons. The highest BCUT2D eigenvalue weighted by Gasteiger charge is 2.21. The summed E-state index contributed by atoms with van der Waals surface area (Å²) in [6.07, 6.45) is 3.98. The Hall–Kier alpha value is -2.30. The van der Waals surface area contributed by atoms with Crippen LogP contribution in [0.1, 0.15) is 23.3 Å². The number of likely N-dealkylation sites (tertiary alicyclic amines) is 1. The van der Waals surface area contributed by atoms with Crippen LogP contribution in [0.5, 0.6) is 0 Å². The number of benzene rings is 1. The lowest BCUT2D eigenvalue weighted by molar-refractivity contribution is 0.0786. The Bertz CT molecular complexity index is 582. The van der Waals surface area contributed by atoms with Gasteiger partial charge in [-0.05, 0) is 43.2 Å². The van der Waals surface area contributed by atoms with E-state index >= 15 is 0 Å². The molecule has 1 amide bonds. The molecule has 0 bridgehead atoms. The summed E-state index contributed by atoms with van der Waals surface area (Å²) in [4.78, 5) is 14.0. The Balaban J connectivity index is 1.82. The normalized spacial score (nSPS) is 14.8. The maximum Gasteiger partial charge on any atom is 0.274 e. The predicted octanol–water partition coefficient (Wildman–Crippen LogP) is 1.69. The summed E-state index contributed by atoms with van der Waals surface area (Å²) in [5.74, 6) is 0.0201. The fourth-order valence-electron chi connectivity index (χ4n) is 2.29. The van der Waals surface area contributed by atoms with E-state index in [-0.39, 0.29) is 5.91 Å². The minimum absolute atomic E-state index is 0.0201. The first-order valence-corrected chi connectivity index (χ1v) is 6.45. The lowest BCUT2D eigenvalue weighted by atomic mass is 10.3. The minimum atomic E-state index is 0.0201. The SMILES string of the molecule is Nc1ccc(-n2ccc(C(=O)N3CCCC3)n2)cc1. The van der Waals surface area contributed by atoms with Gasteiger partial charge in [0.25, 0.3) is 5.91 Å². The summed E-state index contributed by atoms with van der Waals surface area (Å²) in [5.41, 5.74) is 7.76. The summed E-state index contributed by atoms with van der Waals surface area (Å²) < 4.78 is 1.70. The smallest absolute Gasteiger partial charge is 0.274 e. The van der Waals surface area contributed by atoms with Crippen LogP contribution >= 0.6 is 0 Å². The zero-order valence-electron chi connectivity index (χ0n) is 10.6. The number of nitrogens with zero attached hydrogens (tertiary/aromatic N) is 3. The molecule has 0 aliphatic carbocycles. The van der Waals surface area contributed by atoms with Gasteiger partial charge in [-0.3, -0.25) is 4.79 Å². The van der Waals surface area contributed by atoms with Crippen molar-refractivity contribution in [3.8, 4) is 5.69 Å². The van der Waals surface area contributed by atoms with Crippen LogP contribution in [0.2, 0.25) is 0 Å². The van der Waals surface area contributed by atoms with E-state index in [1.54, 1.807) is 16.9 Å². The number of hydrogen-bond acceptors (Lipinski definition) is 3. The molecule has 1 aromatic carbocycles. The van der Waals surface area contributed by atoms with Crippen LogP contribution in [0, 0.1) is 0 Å². The molecule has 1 aliphatic rings. The van der Waals surface area contributed by atoms with Crippen molar-refractivity contribution in [3.05, 3.63) is 42.2 Å². The highest BCUT2D eigenvalue weighted by Crippen LogP contribution is 2.14. The third kappa shape index (κ3) is 2.31. The van der Waals surface area contributed by atoms with Crippen LogP contribution in [0.4, 0.5) is 5.69 Å². The molecule has 2 N–H and O–H groups in total. The molecule has 0 atom stereocenters. The Morgan fingerprint density at radius 3 is 2.47 bits per heavy atom. The van der Waals surface area contributed by atoms with Gasteiger partial charge in [-0.15, -0.1) is 0 Å². The number of hydrogen-bond donors (Lipinski definition) is 1. The number of amides is 1. The van der Waals surface area contributed by atoms with Gasteiger partial charge in [0, 0.05) is 25.0 Å². The highest BCUT2D eigenvalue weighted by molar-refractivity contribution is 5.92. The lowest BCUT2D eigenvalue weighted by Crippen LogP contribution is -2.28. The third-order valence-electron chi connectivity index (χ3n) is 3.36. The fraction of sp³-hybridized carbons (Fsp3) is 0.286. The molecule has 0 saturated carbocycles. The summed E-state index contributed by atoms with van der Waals surface area (Å²) in [5, 5.41) is 4.34. The van der Waals surface area contributed by atoms with Crippen molar-refractivity contribution in [2.45, 2.75) is 12.8 Å². The molecular weight excluding hydrogens is 240 g/mol. The van der Waals surface area contributed by atoms with Crippen molar-refractivity contribution in [1.82, 2.24) is 14.7 Å². The molecule has 2 aromatic rings. The largest absolute Gasteiger partial charge is 0.399 e. The molecule has 1 aromatic heterocycles. The van der Waals surface area contributed by atoms with E-state index in [4.69, 9.17) is 5.73 Å². The van der Waals surface area contributed by atoms with Gasteiger partial charge in [-0.1, -0.05) is 0 Å². The molecule has 5 nitrogen and oxygen atoms in total. The van der Waals surface area contributed by atoms with Crippen molar-refractivity contribution in [3.63, 3.8) is 0 Å². The maximum atomic E-state index is 12.2. The summed E-state index contributed by atoms with van der Waals surface area (Å²) in [6.45, 7) is 1.68. The second kappa shape index (κ2) is 4.76. The van der Waals surface area contributed by atoms with Gasteiger partial charge in [0.15, 0.2) is 5.69 Å². The summed E-state index contributed by atoms with van der Waals surface area (Å²) in [7, 11) is 0. The first-order chi connectivity index (χ1) is 9.24. The molecule has 2 heterocycles. The van der Waals surface area contributed by atoms with Gasteiger partial charge in [-0.2, -0.15) is 5.10 Å². The van der Waals surface area contributed by atoms with Crippen LogP contribution in [0.25, 0.3) is 5.69 Å². The van der Waals surface area contributed by atoms with Crippen molar-refractivity contribution in [2.24, 2.45) is 0 Å². The second-order valence-electron chi connectivity index (χ2n) is 4.74. The Morgan fingerprint density at radius 1 is 1.11 bits per heavy atom. The van der Waals surface area contributed by atoms with Gasteiger partial charge >= 0.3 is 0 Å². The third-order valence-corrected chi connectivity index (χ3v) is 3.36. The monoisotopic (exact) mass is 256 g/mol. The van der Waals surface area contributed by atoms with Gasteiger partial charge in [0.05, 0.1) is 5.69 Å². The zero-order valence-corrected chi connectivity index (χ0v) is 10.6. The van der Waals surface area contributed by atoms with Crippen LogP contribution in [-0.4, -0.2) is 33.7 Å². The van der Waals surface area contributed by atoms with Gasteiger partial charge in [-0.25, -0.2) is 4.68 Å². The number of anilines is 1. The molecule has 19 heavy (non-hydrogen) atoms. The first-order valence-electron chi connectivity index (χ1n) is 6.45. The van der Waals surface area contributed by atoms with Crippen LogP contribution in [0.3, 0.4) is 0 Å². The number of aromatic nitrogens is 2. The van der Waals surface area contributed by atoms with Crippen molar-refractivity contribution >= 4 is 11.6 Å². The minimum Gasteiger partial charge on any atom is -0.399 e. The molecule has 1 saturated heterocycles. The van der Waals surface area contributed by atoms with E-state index in [1.165, 1.54) is 0 Å². The molecule has 1 fully saturated rings. The molecule has 0 unspecified atom stereocenters. The van der Waals surface area contributed by atoms with Crippen LogP contribution in [0.15, 0.2) is 36.5 Å². The van der Waals surface area contributed by atoms with E-state index in [1.807, 2.05) is 29.2 Å². The lowest BCUT2D eigenvalue weighted by Gasteiger charge is -2.12. The molecule has 3 rings (SSSR count). The molecular formula is C14H16N4O. The highest BCUT2D eigenvalue weighted by atomic mass is 16.2. The van der Waals surface area contributed by atoms with Crippen molar-refractivity contribution < 1.29 is 4.79 Å². The summed E-state index contributed by atoms with van der Waals surface area (Å²) >= 11 is 0. The standard InChI is InChI=1S/C14H16N4O/c15-11-3-5-12(6-4-11)18-10-7-13(16-18)14(19)17-8-1-2-9-17/h3-7,10H,1-2,8-9,15H2. The van der Waals surface area contributed by atoms with Gasteiger partial charge in [0.2, 0.25) is 0 Å². The van der Waals surface area contributed by atoms with E-state index in [2.05, 4.69) is 5.10 Å². The average molecular weight is 256 g/mol. The van der Waals surface area contributed by atoms with Gasteiger partial charge in [0.1, 0.15) is 0 Å². The Kier molecular flexibility index (Phi) is 2.95. The van der Waals surface area contributed by atoms with Crippen LogP contribution < -0.4 is 5.73 Å². The molecule has 1 aliphatic heterocycles.